The van der Waals surface area contributed by atoms with Crippen molar-refractivity contribution in [2.45, 2.75) is 31.6 Å². The average molecular weight is 407 g/mol. The third kappa shape index (κ3) is 6.94. The van der Waals surface area contributed by atoms with E-state index in [4.69, 9.17) is 5.14 Å². The van der Waals surface area contributed by atoms with Gasteiger partial charge in [-0.3, -0.25) is 4.99 Å². The van der Waals surface area contributed by atoms with Crippen molar-refractivity contribution in [2.75, 3.05) is 19.6 Å². The summed E-state index contributed by atoms with van der Waals surface area (Å²) >= 11 is 0. The second-order valence-corrected chi connectivity index (χ2v) is 8.01. The van der Waals surface area contributed by atoms with Crippen LogP contribution in [0.5, 0.6) is 0 Å². The van der Waals surface area contributed by atoms with E-state index in [-0.39, 0.29) is 10.7 Å². The minimum atomic E-state index is -3.67. The Morgan fingerprint density at radius 1 is 1.11 bits per heavy atom. The van der Waals surface area contributed by atoms with E-state index in [9.17, 15) is 12.8 Å². The van der Waals surface area contributed by atoms with Crippen molar-refractivity contribution in [3.05, 3.63) is 65.0 Å². The smallest absolute Gasteiger partial charge is 0.238 e. The minimum Gasteiger partial charge on any atom is -0.357 e. The van der Waals surface area contributed by atoms with Crippen molar-refractivity contribution in [1.82, 2.24) is 10.6 Å². The summed E-state index contributed by atoms with van der Waals surface area (Å²) in [7, 11) is -3.67. The molecule has 0 amide bonds. The highest BCUT2D eigenvalue weighted by Crippen LogP contribution is 2.11. The Bertz CT molecular complexity index is 912. The zero-order valence-electron chi connectivity index (χ0n) is 16.2. The van der Waals surface area contributed by atoms with Gasteiger partial charge in [-0.25, -0.2) is 17.9 Å². The van der Waals surface area contributed by atoms with Crippen LogP contribution in [0.1, 0.15) is 23.6 Å². The molecule has 28 heavy (non-hydrogen) atoms. The first-order valence-corrected chi connectivity index (χ1v) is 10.7. The molecule has 0 aliphatic heterocycles. The highest BCUT2D eigenvalue weighted by Gasteiger charge is 2.07. The number of nitrogens with zero attached hydrogens (tertiary/aromatic N) is 1. The molecule has 0 spiro atoms. The van der Waals surface area contributed by atoms with Gasteiger partial charge < -0.3 is 10.6 Å². The Balaban J connectivity index is 1.87. The number of aryl methyl sites for hydroxylation is 1. The maximum Gasteiger partial charge on any atom is 0.238 e. The van der Waals surface area contributed by atoms with Gasteiger partial charge in [0.25, 0.3) is 0 Å². The van der Waals surface area contributed by atoms with Crippen molar-refractivity contribution < 1.29 is 12.8 Å². The second-order valence-electron chi connectivity index (χ2n) is 6.45. The van der Waals surface area contributed by atoms with Crippen LogP contribution in [0.4, 0.5) is 4.39 Å². The largest absolute Gasteiger partial charge is 0.357 e. The molecule has 0 atom stereocenters. The number of sulfonamides is 1. The van der Waals surface area contributed by atoms with Gasteiger partial charge in [0, 0.05) is 19.6 Å². The Kier molecular flexibility index (Phi) is 7.95. The van der Waals surface area contributed by atoms with Crippen LogP contribution in [0.2, 0.25) is 0 Å². The quantitative estimate of drug-likeness (QED) is 0.462. The van der Waals surface area contributed by atoms with E-state index in [1.54, 1.807) is 18.2 Å². The number of hydrogen-bond donors (Lipinski definition) is 3. The van der Waals surface area contributed by atoms with Crippen molar-refractivity contribution >= 4 is 16.0 Å². The van der Waals surface area contributed by atoms with E-state index in [1.165, 1.54) is 24.3 Å². The summed E-state index contributed by atoms with van der Waals surface area (Å²) < 4.78 is 35.7. The molecule has 0 radical (unpaired) electrons. The van der Waals surface area contributed by atoms with Crippen LogP contribution in [-0.2, 0) is 22.9 Å². The summed E-state index contributed by atoms with van der Waals surface area (Å²) in [5, 5.41) is 11.6. The van der Waals surface area contributed by atoms with E-state index in [0.29, 0.717) is 25.5 Å². The molecule has 6 nitrogen and oxygen atoms in total. The first kappa shape index (κ1) is 21.8. The third-order valence-electron chi connectivity index (χ3n) is 4.26. The fraction of sp³-hybridized carbons (Fsp3) is 0.350. The number of halogens is 1. The maximum absolute atomic E-state index is 13.2. The summed E-state index contributed by atoms with van der Waals surface area (Å²) in [6.45, 7) is 5.87. The van der Waals surface area contributed by atoms with E-state index < -0.39 is 10.0 Å². The molecule has 8 heteroatoms. The molecule has 4 N–H and O–H groups in total. The predicted octanol–water partition coefficient (Wildman–Crippen LogP) is 2.12. The Labute approximate surface area is 166 Å². The average Bonchev–Trinajstić information content (AvgIpc) is 2.63. The summed E-state index contributed by atoms with van der Waals surface area (Å²) in [5.41, 5.74) is 3.00. The molecule has 2 rings (SSSR count). The van der Waals surface area contributed by atoms with Crippen molar-refractivity contribution in [3.8, 4) is 0 Å². The second kappa shape index (κ2) is 10.2. The summed E-state index contributed by atoms with van der Waals surface area (Å²) in [6.07, 6.45) is 1.45. The summed E-state index contributed by atoms with van der Waals surface area (Å²) in [5.74, 6) is 0.486. The SMILES string of the molecule is CCNC(=NCCc1ccc(F)cc1C)NCCc1ccc(S(N)(=O)=O)cc1. The molecule has 2 aromatic rings. The third-order valence-corrected chi connectivity index (χ3v) is 5.19. The molecular formula is C20H27FN4O2S. The molecule has 0 saturated carbocycles. The van der Waals surface area contributed by atoms with Gasteiger partial charge in [-0.05, 0) is 67.6 Å². The lowest BCUT2D eigenvalue weighted by Gasteiger charge is -2.12. The lowest BCUT2D eigenvalue weighted by atomic mass is 10.1. The molecule has 0 unspecified atom stereocenters. The maximum atomic E-state index is 13.2. The van der Waals surface area contributed by atoms with E-state index >= 15 is 0 Å². The Hall–Kier alpha value is -2.45. The van der Waals surface area contributed by atoms with Crippen molar-refractivity contribution in [3.63, 3.8) is 0 Å². The normalized spacial score (nSPS) is 12.1. The first-order chi connectivity index (χ1) is 13.3. The molecule has 0 aliphatic carbocycles. The summed E-state index contributed by atoms with van der Waals surface area (Å²) in [6, 6.07) is 11.3. The lowest BCUT2D eigenvalue weighted by molar-refractivity contribution is 0.597. The van der Waals surface area contributed by atoms with Crippen molar-refractivity contribution in [1.29, 1.82) is 0 Å². The van der Waals surface area contributed by atoms with Crippen LogP contribution in [0.3, 0.4) is 0 Å². The molecule has 0 fully saturated rings. The zero-order chi connectivity index (χ0) is 20.6. The molecule has 0 aromatic heterocycles. The number of rotatable bonds is 8. The molecule has 0 aliphatic rings. The number of nitrogens with one attached hydrogen (secondary N) is 2. The number of nitrogens with two attached hydrogens (primary N) is 1. The van der Waals surface area contributed by atoms with E-state index in [0.717, 1.165) is 29.7 Å². The molecule has 0 heterocycles. The molecular weight excluding hydrogens is 379 g/mol. The standard InChI is InChI=1S/C20H27FN4O2S/c1-3-23-20(25-13-11-17-6-7-18(21)14-15(17)2)24-12-10-16-4-8-19(9-5-16)28(22,26)27/h4-9,14H,3,10-13H2,1-2H3,(H2,22,26,27)(H2,23,24,25). The van der Waals surface area contributed by atoms with Gasteiger partial charge in [0.05, 0.1) is 4.90 Å². The molecule has 0 saturated heterocycles. The first-order valence-electron chi connectivity index (χ1n) is 9.18. The van der Waals surface area contributed by atoms with E-state index in [2.05, 4.69) is 15.6 Å². The van der Waals surface area contributed by atoms with Gasteiger partial charge in [-0.2, -0.15) is 0 Å². The number of hydrogen-bond acceptors (Lipinski definition) is 3. The fourth-order valence-electron chi connectivity index (χ4n) is 2.74. The summed E-state index contributed by atoms with van der Waals surface area (Å²) in [4.78, 5) is 4.66. The number of primary sulfonamides is 1. The van der Waals surface area contributed by atoms with Gasteiger partial charge in [-0.1, -0.05) is 18.2 Å². The van der Waals surface area contributed by atoms with Crippen LogP contribution < -0.4 is 15.8 Å². The number of aliphatic imine (C=N–C) groups is 1. The van der Waals surface area contributed by atoms with Gasteiger partial charge in [0.2, 0.25) is 10.0 Å². The number of guanidine groups is 1. The zero-order valence-corrected chi connectivity index (χ0v) is 17.0. The highest BCUT2D eigenvalue weighted by atomic mass is 32.2. The number of benzene rings is 2. The fourth-order valence-corrected chi connectivity index (χ4v) is 3.26. The van der Waals surface area contributed by atoms with E-state index in [1.807, 2.05) is 13.8 Å². The van der Waals surface area contributed by atoms with Gasteiger partial charge in [0.15, 0.2) is 5.96 Å². The predicted molar refractivity (Wildman–Crippen MR) is 110 cm³/mol. The van der Waals surface area contributed by atoms with Gasteiger partial charge in [0.1, 0.15) is 5.82 Å². The topological polar surface area (TPSA) is 96.6 Å². The molecule has 2 aromatic carbocycles. The van der Waals surface area contributed by atoms with Crippen LogP contribution in [0.15, 0.2) is 52.4 Å². The molecule has 152 valence electrons. The van der Waals surface area contributed by atoms with Crippen molar-refractivity contribution in [2.24, 2.45) is 10.1 Å². The lowest BCUT2D eigenvalue weighted by Crippen LogP contribution is -2.38. The highest BCUT2D eigenvalue weighted by molar-refractivity contribution is 7.89. The monoisotopic (exact) mass is 406 g/mol. The Morgan fingerprint density at radius 2 is 1.82 bits per heavy atom. The minimum absolute atomic E-state index is 0.107. The van der Waals surface area contributed by atoms with Crippen LogP contribution in [-0.4, -0.2) is 34.0 Å². The van der Waals surface area contributed by atoms with Crippen LogP contribution in [0, 0.1) is 12.7 Å². The van der Waals surface area contributed by atoms with Gasteiger partial charge in [-0.15, -0.1) is 0 Å². The Morgan fingerprint density at radius 3 is 2.43 bits per heavy atom. The van der Waals surface area contributed by atoms with Gasteiger partial charge >= 0.3 is 0 Å². The molecule has 0 bridgehead atoms. The van der Waals surface area contributed by atoms with Crippen LogP contribution >= 0.6 is 0 Å². The van der Waals surface area contributed by atoms with Crippen LogP contribution in [0.25, 0.3) is 0 Å².